The molecule has 2 aromatic heterocycles. The fraction of sp³-hybridized carbons (Fsp3) is 0.345. The molecule has 3 atom stereocenters. The number of carbonyl (C=O) groups excluding carboxylic acids is 4. The second-order valence-corrected chi connectivity index (χ2v) is 19.2. The van der Waals surface area contributed by atoms with Crippen LogP contribution in [0.4, 0.5) is 10.5 Å². The molecule has 10 rings (SSSR count). The third-order valence-electron chi connectivity index (χ3n) is 14.6. The number of aryl methyl sites for hydroxylation is 2. The fourth-order valence-corrected chi connectivity index (χ4v) is 10.5. The smallest absolute Gasteiger partial charge is 0.409 e. The Bertz CT molecular complexity index is 3170. The summed E-state index contributed by atoms with van der Waals surface area (Å²) in [7, 11) is 1.67. The van der Waals surface area contributed by atoms with E-state index in [-0.39, 0.29) is 61.3 Å². The third-order valence-corrected chi connectivity index (χ3v) is 14.6. The van der Waals surface area contributed by atoms with Gasteiger partial charge in [-0.05, 0) is 108 Å². The Labute approximate surface area is 405 Å². The van der Waals surface area contributed by atoms with Gasteiger partial charge in [-0.3, -0.25) is 14.4 Å². The summed E-state index contributed by atoms with van der Waals surface area (Å²) >= 11 is 0. The fourth-order valence-electron chi connectivity index (χ4n) is 10.5. The van der Waals surface area contributed by atoms with Crippen molar-refractivity contribution in [3.8, 4) is 28.3 Å². The van der Waals surface area contributed by atoms with Crippen molar-refractivity contribution in [1.82, 2.24) is 19.8 Å². The van der Waals surface area contributed by atoms with Crippen molar-refractivity contribution in [2.45, 2.75) is 103 Å². The number of amides is 3. The number of esters is 1. The average Bonchev–Trinajstić information content (AvgIpc) is 3.90. The number of carbonyl (C=O) groups is 4. The number of nitrogens with two attached hydrogens (primary N) is 1. The lowest BCUT2D eigenvalue weighted by Gasteiger charge is -2.31. The number of anilines is 1. The van der Waals surface area contributed by atoms with E-state index in [9.17, 15) is 29.1 Å². The second-order valence-electron chi connectivity index (χ2n) is 19.2. The van der Waals surface area contributed by atoms with Crippen molar-refractivity contribution < 1.29 is 38.5 Å². The molecule has 6 aromatic rings. The molecule has 70 heavy (non-hydrogen) atoms. The van der Waals surface area contributed by atoms with Gasteiger partial charge in [-0.25, -0.2) is 14.6 Å². The first-order valence-corrected chi connectivity index (χ1v) is 24.0. The Kier molecular flexibility index (Phi) is 12.0. The number of rotatable bonds is 13. The van der Waals surface area contributed by atoms with Crippen LogP contribution in [0.5, 0.6) is 5.75 Å². The zero-order valence-corrected chi connectivity index (χ0v) is 39.9. The summed E-state index contributed by atoms with van der Waals surface area (Å²) in [5, 5.41) is 18.0. The summed E-state index contributed by atoms with van der Waals surface area (Å²) in [4.78, 5) is 73.3. The van der Waals surface area contributed by atoms with Crippen LogP contribution in [0.15, 0.2) is 89.7 Å². The van der Waals surface area contributed by atoms with Gasteiger partial charge in [0, 0.05) is 47.3 Å². The first-order valence-electron chi connectivity index (χ1n) is 24.0. The summed E-state index contributed by atoms with van der Waals surface area (Å²) in [6, 6.07) is 25.7. The van der Waals surface area contributed by atoms with Gasteiger partial charge in [-0.1, -0.05) is 75.4 Å². The second kappa shape index (κ2) is 18.2. The summed E-state index contributed by atoms with van der Waals surface area (Å²) in [6.07, 6.45) is 1.89. The highest BCUT2D eigenvalue weighted by molar-refractivity contribution is 5.98. The molecular weight excluding hydrogens is 889 g/mol. The number of aromatic nitrogens is 2. The molecule has 0 saturated carbocycles. The van der Waals surface area contributed by atoms with Gasteiger partial charge in [-0.15, -0.1) is 0 Å². The zero-order chi connectivity index (χ0) is 49.2. The number of cyclic esters (lactones) is 1. The molecule has 0 spiro atoms. The standard InChI is InChI=1S/C55H56N6O9/c1-6-55(67)43-23-45-49-40(25-61(45)52(64)42(43)28-69-53(55)65)38-16-11-17-39-46(21-20-44(59-49)47(38)39)68-26-31-18-19-33(58-50(62)30(4)57-51(63)48(56)29(2)3)22-32(31)24-60(5)54(66)70-27-41-36-14-9-7-12-34(36)35-13-8-10-15-37(35)41/h7-10,12-15,18-23,29-30,41,48,67H,6,11,16-17,24-28,56H2,1-5H3,(H,57,63)(H,58,62)/t30-,48-,55-/m0/s1. The van der Waals surface area contributed by atoms with E-state index in [2.05, 4.69) is 34.9 Å². The maximum Gasteiger partial charge on any atom is 0.409 e. The Morgan fingerprint density at radius 3 is 2.34 bits per heavy atom. The maximum absolute atomic E-state index is 14.0. The van der Waals surface area contributed by atoms with Crippen molar-refractivity contribution >= 4 is 40.5 Å². The summed E-state index contributed by atoms with van der Waals surface area (Å²) in [6.45, 7) is 7.46. The molecule has 0 saturated heterocycles. The number of pyridine rings is 2. The molecule has 15 heteroatoms. The maximum atomic E-state index is 14.0. The van der Waals surface area contributed by atoms with Crippen LogP contribution in [0.3, 0.4) is 0 Å². The van der Waals surface area contributed by atoms with E-state index in [1.54, 1.807) is 43.7 Å². The molecule has 2 aliphatic carbocycles. The summed E-state index contributed by atoms with van der Waals surface area (Å²) in [5.41, 5.74) is 15.8. The van der Waals surface area contributed by atoms with E-state index in [0.29, 0.717) is 34.9 Å². The molecule has 360 valence electrons. The first kappa shape index (κ1) is 46.4. The number of aliphatic hydroxyl groups is 1. The molecule has 0 radical (unpaired) electrons. The number of hydrogen-bond donors (Lipinski definition) is 4. The van der Waals surface area contributed by atoms with E-state index < -0.39 is 41.6 Å². The average molecular weight is 945 g/mol. The van der Waals surface area contributed by atoms with Crippen molar-refractivity contribution in [1.29, 1.82) is 0 Å². The minimum absolute atomic E-state index is 0.0589. The van der Waals surface area contributed by atoms with E-state index in [0.717, 1.165) is 74.7 Å². The Hall–Kier alpha value is -7.36. The van der Waals surface area contributed by atoms with Gasteiger partial charge in [0.15, 0.2) is 5.60 Å². The van der Waals surface area contributed by atoms with Gasteiger partial charge < -0.3 is 45.2 Å². The molecule has 3 amide bonds. The first-order chi connectivity index (χ1) is 33.7. The van der Waals surface area contributed by atoms with Crippen LogP contribution >= 0.6 is 0 Å². The van der Waals surface area contributed by atoms with E-state index in [1.807, 2.05) is 56.3 Å². The lowest BCUT2D eigenvalue weighted by Crippen LogP contribution is -2.50. The largest absolute Gasteiger partial charge is 0.489 e. The van der Waals surface area contributed by atoms with Gasteiger partial charge >= 0.3 is 12.1 Å². The monoisotopic (exact) mass is 944 g/mol. The van der Waals surface area contributed by atoms with Crippen LogP contribution in [0.25, 0.3) is 33.4 Å². The number of nitrogens with zero attached hydrogens (tertiary/aromatic N) is 3. The van der Waals surface area contributed by atoms with Gasteiger partial charge in [0.1, 0.15) is 31.6 Å². The molecule has 5 N–H and O–H groups in total. The number of benzene rings is 4. The third kappa shape index (κ3) is 7.96. The molecule has 0 bridgehead atoms. The van der Waals surface area contributed by atoms with Crippen LogP contribution in [-0.4, -0.2) is 69.2 Å². The summed E-state index contributed by atoms with van der Waals surface area (Å²) < 4.78 is 19.7. The molecule has 0 unspecified atom stereocenters. The van der Waals surface area contributed by atoms with E-state index in [4.69, 9.17) is 24.9 Å². The zero-order valence-electron chi connectivity index (χ0n) is 39.9. The molecule has 0 fully saturated rings. The highest BCUT2D eigenvalue weighted by atomic mass is 16.6. The number of hydrogen-bond acceptors (Lipinski definition) is 11. The highest BCUT2D eigenvalue weighted by Crippen LogP contribution is 2.46. The van der Waals surface area contributed by atoms with Crippen LogP contribution in [-0.2, 0) is 68.6 Å². The topological polar surface area (TPSA) is 204 Å². The molecule has 4 aromatic carbocycles. The minimum Gasteiger partial charge on any atom is -0.489 e. The van der Waals surface area contributed by atoms with E-state index in [1.165, 1.54) is 4.90 Å². The molecule has 15 nitrogen and oxygen atoms in total. The summed E-state index contributed by atoms with van der Waals surface area (Å²) in [5.74, 6) is -1.16. The SMILES string of the molecule is CC[C@@]1(O)C(=O)OCc2c1cc1n(c2=O)Cc2c-1nc1ccc(OCc3ccc(NC(=O)[C@H](C)NC(=O)[C@@H](N)C(C)C)cc3CN(C)C(=O)OCC3c4ccccc4-c4ccccc43)c3c1c2CCC3. The van der Waals surface area contributed by atoms with Crippen molar-refractivity contribution in [2.75, 3.05) is 19.0 Å². The van der Waals surface area contributed by atoms with Crippen molar-refractivity contribution in [3.05, 3.63) is 145 Å². The van der Waals surface area contributed by atoms with Crippen LogP contribution in [0, 0.1) is 5.92 Å². The Morgan fingerprint density at radius 2 is 1.63 bits per heavy atom. The lowest BCUT2D eigenvalue weighted by atomic mass is 9.85. The predicted octanol–water partition coefficient (Wildman–Crippen LogP) is 6.95. The molecule has 4 heterocycles. The number of nitrogens with one attached hydrogen (secondary N) is 2. The van der Waals surface area contributed by atoms with Gasteiger partial charge in [0.25, 0.3) is 5.56 Å². The van der Waals surface area contributed by atoms with Crippen molar-refractivity contribution in [2.24, 2.45) is 11.7 Å². The molecular formula is C55H56N6O9. The minimum atomic E-state index is -1.92. The predicted molar refractivity (Wildman–Crippen MR) is 263 cm³/mol. The van der Waals surface area contributed by atoms with Crippen LogP contribution < -0.4 is 26.7 Å². The Morgan fingerprint density at radius 1 is 0.914 bits per heavy atom. The van der Waals surface area contributed by atoms with Crippen LogP contribution in [0.2, 0.25) is 0 Å². The highest BCUT2D eigenvalue weighted by Gasteiger charge is 2.46. The van der Waals surface area contributed by atoms with Crippen molar-refractivity contribution in [3.63, 3.8) is 0 Å². The van der Waals surface area contributed by atoms with Gasteiger partial charge in [0.05, 0.1) is 35.1 Å². The quantitative estimate of drug-likeness (QED) is 0.0871. The van der Waals surface area contributed by atoms with E-state index >= 15 is 0 Å². The van der Waals surface area contributed by atoms with Gasteiger partial charge in [-0.2, -0.15) is 0 Å². The lowest BCUT2D eigenvalue weighted by molar-refractivity contribution is -0.172. The van der Waals surface area contributed by atoms with Gasteiger partial charge in [0.2, 0.25) is 11.8 Å². The van der Waals surface area contributed by atoms with Crippen LogP contribution in [0.1, 0.15) is 96.5 Å². The molecule has 2 aliphatic heterocycles. The normalized spacial score (nSPS) is 17.1. The number of fused-ring (bicyclic) bond motifs is 8. The number of ether oxygens (including phenoxy) is 3. The molecule has 4 aliphatic rings. The Balaban J connectivity index is 0.919.